The third-order valence-electron chi connectivity index (χ3n) is 13.5. The molecule has 0 saturated heterocycles. The van der Waals surface area contributed by atoms with Gasteiger partial charge in [0.25, 0.3) is 0 Å². The Balaban J connectivity index is 0.978. The Morgan fingerprint density at radius 3 is 1.75 bits per heavy atom. The number of nitrogens with zero attached hydrogens (tertiary/aromatic N) is 4. The molecule has 0 bridgehead atoms. The molecule has 0 fully saturated rings. The number of para-hydroxylation sites is 1. The molecule has 472 valence electrons. The number of fused-ring (bicyclic) bond motifs is 5. The number of aromatic nitrogens is 3. The number of benzene rings is 2. The van der Waals surface area contributed by atoms with Crippen molar-refractivity contribution in [1.82, 2.24) is 46.9 Å². The lowest BCUT2D eigenvalue weighted by atomic mass is 9.95. The molecule has 25 nitrogen and oxygen atoms in total. The lowest BCUT2D eigenvalue weighted by molar-refractivity contribution is -0.133. The summed E-state index contributed by atoms with van der Waals surface area (Å²) in [5.74, 6) is -2.10. The standard InChI is InChI=1S/C60H93N11O14/c1-41(2)39-53(75)70-40-45-15-8-9-16-46(45)55-56(47-17-10-11-20-50(47)70)71(69-68-55)26-13-12-18-49(65-44(7)72)58(77)63-25-30-83-34-38-84-35-31-80-27-21-51(73)62-24-29-82-33-37-85-36-32-81-28-22-52(74)67-54(42(3)4)59(78)66-48(57(76)43(5)6)19-14-23-64-60(61)79/h8-11,15-17,20,41-43,48-49,54H,12-14,18-19,21-40H2,1-7H3,(H,62,73)(H,63,77)(H,65,72)(H,66,78)(H,67,74)(H3,61,64,79). The number of unbranched alkanes of at least 4 members (excludes halogenated alkanes) is 1. The topological polar surface area (TPSA) is 324 Å². The SMILES string of the molecule is CC(=O)NC(CCCCn1nnc2c1-c1ccccc1N(C(=O)CC(C)C)Cc1ccccc1-2)C(=O)NCCOCCOCCOCCC(=O)NCCOCCOCCOCCC(=O)NC(C(=O)NC(CCCNC(N)=O)C(=O)C(C)C)C(C)C. The van der Waals surface area contributed by atoms with E-state index in [1.165, 1.54) is 6.92 Å². The zero-order chi connectivity index (χ0) is 61.9. The molecule has 0 aliphatic carbocycles. The van der Waals surface area contributed by atoms with Gasteiger partial charge in [0.1, 0.15) is 17.8 Å². The summed E-state index contributed by atoms with van der Waals surface area (Å²) in [4.78, 5) is 103. The summed E-state index contributed by atoms with van der Waals surface area (Å²) in [7, 11) is 0. The number of nitrogens with two attached hydrogens (primary N) is 1. The molecule has 3 unspecified atom stereocenters. The van der Waals surface area contributed by atoms with Gasteiger partial charge in [-0.25, -0.2) is 9.48 Å². The molecule has 25 heteroatoms. The van der Waals surface area contributed by atoms with Crippen molar-refractivity contribution < 1.29 is 66.8 Å². The van der Waals surface area contributed by atoms with Gasteiger partial charge >= 0.3 is 6.03 Å². The molecule has 2 aromatic carbocycles. The van der Waals surface area contributed by atoms with Gasteiger partial charge in [-0.2, -0.15) is 0 Å². The van der Waals surface area contributed by atoms with Crippen LogP contribution in [0, 0.1) is 17.8 Å². The van der Waals surface area contributed by atoms with E-state index in [0.717, 1.165) is 33.8 Å². The van der Waals surface area contributed by atoms with Crippen LogP contribution in [0.15, 0.2) is 48.5 Å². The second-order valence-electron chi connectivity index (χ2n) is 21.7. The number of primary amides is 1. The zero-order valence-corrected chi connectivity index (χ0v) is 50.8. The molecule has 0 saturated carbocycles. The van der Waals surface area contributed by atoms with Crippen LogP contribution in [0.4, 0.5) is 10.5 Å². The maximum atomic E-state index is 13.7. The van der Waals surface area contributed by atoms with Gasteiger partial charge in [-0.05, 0) is 55.6 Å². The Kier molecular flexibility index (Phi) is 32.9. The zero-order valence-electron chi connectivity index (χ0n) is 50.8. The van der Waals surface area contributed by atoms with E-state index < -0.39 is 30.1 Å². The smallest absolute Gasteiger partial charge is 0.312 e. The highest BCUT2D eigenvalue weighted by molar-refractivity contribution is 6.00. The van der Waals surface area contributed by atoms with Gasteiger partial charge in [0, 0.05) is 69.4 Å². The number of rotatable bonds is 43. The van der Waals surface area contributed by atoms with Crippen molar-refractivity contribution in [3.63, 3.8) is 0 Å². The van der Waals surface area contributed by atoms with E-state index in [1.807, 2.05) is 72.0 Å². The predicted molar refractivity (Wildman–Crippen MR) is 319 cm³/mol. The first-order valence-electron chi connectivity index (χ1n) is 29.7. The van der Waals surface area contributed by atoms with Crippen molar-refractivity contribution in [1.29, 1.82) is 0 Å². The first-order valence-corrected chi connectivity index (χ1v) is 29.7. The number of anilines is 1. The number of urea groups is 1. The molecule has 3 atom stereocenters. The number of aryl methyl sites for hydroxylation is 1. The highest BCUT2D eigenvalue weighted by Gasteiger charge is 2.31. The average Bonchev–Trinajstić information content (AvgIpc) is 4.06. The molecule has 0 radical (unpaired) electrons. The van der Waals surface area contributed by atoms with E-state index in [4.69, 9.17) is 34.2 Å². The molecule has 4 rings (SSSR count). The second kappa shape index (κ2) is 39.7. The quantitative estimate of drug-likeness (QED) is 0.0398. The summed E-state index contributed by atoms with van der Waals surface area (Å²) in [6.45, 7) is 17.5. The molecular formula is C60H93N11O14. The Labute approximate surface area is 499 Å². The van der Waals surface area contributed by atoms with E-state index in [2.05, 4.69) is 42.2 Å². The van der Waals surface area contributed by atoms with Gasteiger partial charge in [0.2, 0.25) is 35.4 Å². The van der Waals surface area contributed by atoms with E-state index in [0.29, 0.717) is 104 Å². The van der Waals surface area contributed by atoms with E-state index >= 15 is 0 Å². The van der Waals surface area contributed by atoms with Gasteiger partial charge < -0.3 is 71.0 Å². The molecule has 0 spiro atoms. The fraction of sp³-hybridized carbons (Fsp3) is 0.633. The van der Waals surface area contributed by atoms with E-state index in [9.17, 15) is 38.4 Å². The Morgan fingerprint density at radius 2 is 1.15 bits per heavy atom. The van der Waals surface area contributed by atoms with Crippen LogP contribution in [0.25, 0.3) is 22.5 Å². The summed E-state index contributed by atoms with van der Waals surface area (Å²) in [5.41, 5.74) is 10.3. The number of carbonyl (C=O) groups is 8. The van der Waals surface area contributed by atoms with Crippen molar-refractivity contribution in [3.8, 4) is 22.5 Å². The number of hydrogen-bond acceptors (Lipinski definition) is 16. The minimum Gasteiger partial charge on any atom is -0.379 e. The van der Waals surface area contributed by atoms with Gasteiger partial charge in [-0.15, -0.1) is 5.10 Å². The van der Waals surface area contributed by atoms with Crippen LogP contribution < -0.4 is 42.5 Å². The molecule has 1 aromatic heterocycles. The number of carbonyl (C=O) groups excluding carboxylic acids is 8. The van der Waals surface area contributed by atoms with Gasteiger partial charge in [-0.3, -0.25) is 33.6 Å². The number of Topliss-reactive ketones (excluding diaryl/α,β-unsaturated/α-hetero) is 1. The first-order chi connectivity index (χ1) is 40.9. The highest BCUT2D eigenvalue weighted by atomic mass is 16.5. The highest BCUT2D eigenvalue weighted by Crippen LogP contribution is 2.41. The van der Waals surface area contributed by atoms with Crippen molar-refractivity contribution in [2.75, 3.05) is 104 Å². The van der Waals surface area contributed by atoms with Gasteiger partial charge in [0.15, 0.2) is 5.78 Å². The number of nitrogens with one attached hydrogen (secondary N) is 6. The Hall–Kier alpha value is -6.90. The third-order valence-corrected chi connectivity index (χ3v) is 13.5. The second-order valence-corrected chi connectivity index (χ2v) is 21.7. The normalized spacial score (nSPS) is 12.9. The Bertz CT molecular complexity index is 2560. The fourth-order valence-corrected chi connectivity index (χ4v) is 9.16. The van der Waals surface area contributed by atoms with Crippen LogP contribution in [0.3, 0.4) is 0 Å². The number of amides is 8. The molecule has 3 aromatic rings. The molecule has 1 aliphatic heterocycles. The summed E-state index contributed by atoms with van der Waals surface area (Å²) in [6.07, 6.45) is 3.02. The van der Waals surface area contributed by atoms with Gasteiger partial charge in [0.05, 0.1) is 103 Å². The minimum atomic E-state index is -0.861. The van der Waals surface area contributed by atoms with Crippen LogP contribution in [-0.2, 0) is 75.1 Å². The number of ketones is 1. The van der Waals surface area contributed by atoms with Crippen LogP contribution in [0.5, 0.6) is 0 Å². The van der Waals surface area contributed by atoms with Gasteiger partial charge in [-0.1, -0.05) is 89.2 Å². The minimum absolute atomic E-state index is 0.0213. The fourth-order valence-electron chi connectivity index (χ4n) is 9.16. The maximum Gasteiger partial charge on any atom is 0.312 e. The first kappa shape index (κ1) is 70.6. The van der Waals surface area contributed by atoms with E-state index in [-0.39, 0.29) is 112 Å². The van der Waals surface area contributed by atoms with Crippen LogP contribution in [-0.4, -0.2) is 179 Å². The third kappa shape index (κ3) is 26.5. The maximum absolute atomic E-state index is 13.7. The van der Waals surface area contributed by atoms with Crippen LogP contribution >= 0.6 is 0 Å². The van der Waals surface area contributed by atoms with Crippen molar-refractivity contribution >= 4 is 52.9 Å². The monoisotopic (exact) mass is 1190 g/mol. The molecule has 1 aliphatic rings. The lowest BCUT2D eigenvalue weighted by Gasteiger charge is -2.29. The summed E-state index contributed by atoms with van der Waals surface area (Å²) in [5, 5.41) is 25.6. The molecule has 85 heavy (non-hydrogen) atoms. The average molecular weight is 1190 g/mol. The van der Waals surface area contributed by atoms with Crippen LogP contribution in [0.2, 0.25) is 0 Å². The molecule has 8 N–H and O–H groups in total. The predicted octanol–water partition coefficient (Wildman–Crippen LogP) is 3.59. The largest absolute Gasteiger partial charge is 0.379 e. The molecule has 8 amide bonds. The Morgan fingerprint density at radius 1 is 0.588 bits per heavy atom. The lowest BCUT2D eigenvalue weighted by Crippen LogP contribution is -2.54. The number of hydrogen-bond donors (Lipinski definition) is 7. The summed E-state index contributed by atoms with van der Waals surface area (Å²) in [6, 6.07) is 12.8. The van der Waals surface area contributed by atoms with Crippen LogP contribution in [0.1, 0.15) is 105 Å². The van der Waals surface area contributed by atoms with Crippen molar-refractivity contribution in [2.24, 2.45) is 23.5 Å². The van der Waals surface area contributed by atoms with E-state index in [1.54, 1.807) is 27.7 Å². The van der Waals surface area contributed by atoms with Crippen molar-refractivity contribution in [2.45, 2.75) is 131 Å². The number of ether oxygens (including phenoxy) is 6. The van der Waals surface area contributed by atoms with Crippen molar-refractivity contribution in [3.05, 3.63) is 54.1 Å². The molecular weight excluding hydrogens is 1100 g/mol. The summed E-state index contributed by atoms with van der Waals surface area (Å²) >= 11 is 0. The summed E-state index contributed by atoms with van der Waals surface area (Å²) < 4.78 is 35.1. The molecule has 2 heterocycles.